The number of fused-ring (bicyclic) bond motifs is 1. The van der Waals surface area contributed by atoms with Gasteiger partial charge in [0.1, 0.15) is 17.2 Å². The topological polar surface area (TPSA) is 82.2 Å². The third-order valence-corrected chi connectivity index (χ3v) is 3.10. The van der Waals surface area contributed by atoms with Crippen molar-refractivity contribution in [1.82, 2.24) is 4.98 Å². The maximum atomic E-state index is 13.4. The summed E-state index contributed by atoms with van der Waals surface area (Å²) in [5.74, 6) is -2.04. The molecule has 106 valence electrons. The highest BCUT2D eigenvalue weighted by molar-refractivity contribution is 6.31. The van der Waals surface area contributed by atoms with Crippen molar-refractivity contribution < 1.29 is 14.3 Å². The molecule has 0 spiro atoms. The third kappa shape index (κ3) is 2.46. The van der Waals surface area contributed by atoms with Gasteiger partial charge in [-0.3, -0.25) is 4.79 Å². The summed E-state index contributed by atoms with van der Waals surface area (Å²) >= 11 is 5.67. The van der Waals surface area contributed by atoms with Gasteiger partial charge in [0, 0.05) is 11.9 Å². The number of aromatic amines is 1. The van der Waals surface area contributed by atoms with Crippen LogP contribution in [0.5, 0.6) is 0 Å². The van der Waals surface area contributed by atoms with Gasteiger partial charge < -0.3 is 15.4 Å². The molecule has 7 heteroatoms. The molecule has 1 aromatic carbocycles. The average Bonchev–Trinajstić information content (AvgIpc) is 2.38. The van der Waals surface area contributed by atoms with Crippen molar-refractivity contribution in [3.63, 3.8) is 0 Å². The maximum Gasteiger partial charge on any atom is 0.343 e. The first-order chi connectivity index (χ1) is 9.45. The Bertz CT molecular complexity index is 742. The van der Waals surface area contributed by atoms with Gasteiger partial charge in [-0.15, -0.1) is 0 Å². The van der Waals surface area contributed by atoms with Crippen LogP contribution in [-0.2, 0) is 0 Å². The first kappa shape index (κ1) is 14.3. The molecule has 2 rings (SSSR count). The quantitative estimate of drug-likeness (QED) is 0.810. The third-order valence-electron chi connectivity index (χ3n) is 2.81. The number of benzene rings is 1. The number of nitrogens with one attached hydrogen (secondary N) is 2. The number of carbonyl (C=O) groups is 1. The second kappa shape index (κ2) is 5.50. The lowest BCUT2D eigenvalue weighted by Gasteiger charge is -2.10. The molecule has 20 heavy (non-hydrogen) atoms. The molecule has 0 fully saturated rings. The summed E-state index contributed by atoms with van der Waals surface area (Å²) in [6.07, 6.45) is 0.753. The van der Waals surface area contributed by atoms with E-state index in [0.717, 1.165) is 12.5 Å². The van der Waals surface area contributed by atoms with Crippen LogP contribution in [0.25, 0.3) is 10.9 Å². The number of pyridine rings is 1. The largest absolute Gasteiger partial charge is 0.477 e. The predicted molar refractivity (Wildman–Crippen MR) is 75.3 cm³/mol. The Kier molecular flexibility index (Phi) is 3.94. The number of H-pyrrole nitrogens is 1. The second-order valence-corrected chi connectivity index (χ2v) is 4.66. The van der Waals surface area contributed by atoms with E-state index in [9.17, 15) is 14.0 Å². The zero-order chi connectivity index (χ0) is 14.9. The number of hydrogen-bond donors (Lipinski definition) is 3. The Balaban J connectivity index is 2.78. The molecular formula is C13H12ClFN2O3. The molecule has 0 aliphatic rings. The summed E-state index contributed by atoms with van der Waals surface area (Å²) in [5, 5.41) is 11.8. The molecule has 0 aliphatic carbocycles. The first-order valence-electron chi connectivity index (χ1n) is 5.98. The van der Waals surface area contributed by atoms with Gasteiger partial charge in [0.25, 0.3) is 0 Å². The lowest BCUT2D eigenvalue weighted by molar-refractivity contribution is 0.0696. The first-order valence-corrected chi connectivity index (χ1v) is 6.35. The fourth-order valence-corrected chi connectivity index (χ4v) is 2.03. The molecule has 0 unspecified atom stereocenters. The molecule has 0 saturated carbocycles. The summed E-state index contributed by atoms with van der Waals surface area (Å²) < 4.78 is 13.4. The number of halogens is 2. The standard InChI is InChI=1S/C13H12ClFN2O3/c1-2-3-16-12-10(13(19)20)11(18)6-4-8(15)7(14)5-9(6)17-12/h4-5H,2-3H2,1H3,(H,19,20)(H2,16,17,18). The lowest BCUT2D eigenvalue weighted by atomic mass is 10.1. The minimum absolute atomic E-state index is 0.0497. The van der Waals surface area contributed by atoms with Crippen LogP contribution in [0.1, 0.15) is 23.7 Å². The van der Waals surface area contributed by atoms with Crippen LogP contribution in [0, 0.1) is 5.82 Å². The van der Waals surface area contributed by atoms with Crippen molar-refractivity contribution in [2.24, 2.45) is 0 Å². The van der Waals surface area contributed by atoms with E-state index in [1.165, 1.54) is 6.07 Å². The van der Waals surface area contributed by atoms with Crippen molar-refractivity contribution in [1.29, 1.82) is 0 Å². The molecule has 1 heterocycles. The Labute approximate surface area is 118 Å². The molecule has 0 aliphatic heterocycles. The predicted octanol–water partition coefficient (Wildman–Crippen LogP) is 2.84. The van der Waals surface area contributed by atoms with Crippen molar-refractivity contribution in [3.8, 4) is 0 Å². The van der Waals surface area contributed by atoms with Crippen molar-refractivity contribution in [3.05, 3.63) is 38.8 Å². The van der Waals surface area contributed by atoms with Gasteiger partial charge in [0.15, 0.2) is 0 Å². The SMILES string of the molecule is CCCNc1[nH]c2cc(Cl)c(F)cc2c(=O)c1C(=O)O. The van der Waals surface area contributed by atoms with E-state index >= 15 is 0 Å². The normalized spacial score (nSPS) is 10.8. The molecule has 5 nitrogen and oxygen atoms in total. The van der Waals surface area contributed by atoms with E-state index in [-0.39, 0.29) is 21.7 Å². The summed E-state index contributed by atoms with van der Waals surface area (Å²) in [4.78, 5) is 26.2. The summed E-state index contributed by atoms with van der Waals surface area (Å²) in [6, 6.07) is 2.20. The van der Waals surface area contributed by atoms with Crippen LogP contribution >= 0.6 is 11.6 Å². The van der Waals surface area contributed by atoms with Gasteiger partial charge in [-0.25, -0.2) is 9.18 Å². The Morgan fingerprint density at radius 1 is 1.50 bits per heavy atom. The Hall–Kier alpha value is -2.08. The van der Waals surface area contributed by atoms with E-state index in [2.05, 4.69) is 10.3 Å². The van der Waals surface area contributed by atoms with Crippen LogP contribution in [0.3, 0.4) is 0 Å². The fourth-order valence-electron chi connectivity index (χ4n) is 1.87. The highest BCUT2D eigenvalue weighted by Gasteiger charge is 2.19. The minimum atomic E-state index is -1.37. The van der Waals surface area contributed by atoms with Gasteiger partial charge >= 0.3 is 5.97 Å². The molecule has 0 bridgehead atoms. The molecule has 0 amide bonds. The van der Waals surface area contributed by atoms with E-state index in [4.69, 9.17) is 16.7 Å². The van der Waals surface area contributed by atoms with Gasteiger partial charge in [-0.05, 0) is 18.6 Å². The van der Waals surface area contributed by atoms with Crippen molar-refractivity contribution >= 4 is 34.3 Å². The number of aromatic carboxylic acids is 1. The maximum absolute atomic E-state index is 13.4. The number of rotatable bonds is 4. The van der Waals surface area contributed by atoms with E-state index < -0.39 is 22.8 Å². The smallest absolute Gasteiger partial charge is 0.343 e. The van der Waals surface area contributed by atoms with Gasteiger partial charge in [-0.2, -0.15) is 0 Å². The number of carboxylic acids is 1. The van der Waals surface area contributed by atoms with E-state index in [0.29, 0.717) is 6.54 Å². The number of anilines is 1. The molecule has 2 aromatic rings. The summed E-state index contributed by atoms with van der Waals surface area (Å²) in [6.45, 7) is 2.40. The number of hydrogen-bond acceptors (Lipinski definition) is 3. The van der Waals surface area contributed by atoms with Crippen LogP contribution in [0.2, 0.25) is 5.02 Å². The number of aromatic nitrogens is 1. The van der Waals surface area contributed by atoms with Crippen LogP contribution in [0.4, 0.5) is 10.2 Å². The Morgan fingerprint density at radius 2 is 2.20 bits per heavy atom. The van der Waals surface area contributed by atoms with E-state index in [1.54, 1.807) is 0 Å². The summed E-state index contributed by atoms with van der Waals surface area (Å²) in [7, 11) is 0. The number of carboxylic acid groups (broad SMARTS) is 1. The summed E-state index contributed by atoms with van der Waals surface area (Å²) in [5.41, 5.74) is -0.905. The van der Waals surface area contributed by atoms with Crippen molar-refractivity contribution in [2.45, 2.75) is 13.3 Å². The minimum Gasteiger partial charge on any atom is -0.477 e. The molecule has 0 atom stereocenters. The monoisotopic (exact) mass is 298 g/mol. The highest BCUT2D eigenvalue weighted by Crippen LogP contribution is 2.22. The molecule has 1 aromatic heterocycles. The second-order valence-electron chi connectivity index (χ2n) is 4.25. The highest BCUT2D eigenvalue weighted by atomic mass is 35.5. The van der Waals surface area contributed by atoms with Crippen molar-refractivity contribution in [2.75, 3.05) is 11.9 Å². The van der Waals surface area contributed by atoms with Gasteiger partial charge in [0.2, 0.25) is 5.43 Å². The molecular weight excluding hydrogens is 287 g/mol. The molecule has 0 saturated heterocycles. The van der Waals surface area contributed by atoms with Crippen LogP contribution in [-0.4, -0.2) is 22.6 Å². The zero-order valence-electron chi connectivity index (χ0n) is 10.6. The van der Waals surface area contributed by atoms with Gasteiger partial charge in [-0.1, -0.05) is 18.5 Å². The lowest BCUT2D eigenvalue weighted by Crippen LogP contribution is -2.20. The zero-order valence-corrected chi connectivity index (χ0v) is 11.3. The fraction of sp³-hybridized carbons (Fsp3) is 0.231. The van der Waals surface area contributed by atoms with Crippen LogP contribution < -0.4 is 10.7 Å². The molecule has 0 radical (unpaired) electrons. The average molecular weight is 299 g/mol. The van der Waals surface area contributed by atoms with Gasteiger partial charge in [0.05, 0.1) is 10.5 Å². The van der Waals surface area contributed by atoms with Crippen LogP contribution in [0.15, 0.2) is 16.9 Å². The molecule has 3 N–H and O–H groups in total. The van der Waals surface area contributed by atoms with E-state index in [1.807, 2.05) is 6.92 Å². The Morgan fingerprint density at radius 3 is 2.80 bits per heavy atom.